The van der Waals surface area contributed by atoms with Gasteiger partial charge in [-0.15, -0.1) is 11.8 Å². The standard InChI is InChI=1S/C17H25NO2S/c1-13-5-7-15(8-6-13)11-21-12-17(20)18-9-3-4-16(10-18)14(2)19/h5-8,14,16,19H,3-4,9-12H2,1-2H3. The fourth-order valence-corrected chi connectivity index (χ4v) is 3.55. The molecule has 1 N–H and O–H groups in total. The molecule has 1 saturated heterocycles. The van der Waals surface area contributed by atoms with Gasteiger partial charge in [-0.05, 0) is 32.3 Å². The van der Waals surface area contributed by atoms with Gasteiger partial charge in [-0.25, -0.2) is 0 Å². The maximum absolute atomic E-state index is 12.2. The van der Waals surface area contributed by atoms with E-state index in [0.717, 1.165) is 25.1 Å². The first kappa shape index (κ1) is 16.4. The van der Waals surface area contributed by atoms with Crippen LogP contribution in [0.1, 0.15) is 30.9 Å². The van der Waals surface area contributed by atoms with Crippen molar-refractivity contribution in [1.29, 1.82) is 0 Å². The number of aryl methyl sites for hydroxylation is 1. The van der Waals surface area contributed by atoms with Crippen molar-refractivity contribution in [2.24, 2.45) is 5.92 Å². The first-order valence-electron chi connectivity index (χ1n) is 7.65. The predicted octanol–water partition coefficient (Wildman–Crippen LogP) is 2.85. The minimum absolute atomic E-state index is 0.206. The van der Waals surface area contributed by atoms with Gasteiger partial charge in [0.1, 0.15) is 0 Å². The normalized spacial score (nSPS) is 20.3. The maximum atomic E-state index is 12.2. The highest BCUT2D eigenvalue weighted by atomic mass is 32.2. The number of carbonyl (C=O) groups excluding carboxylic acids is 1. The van der Waals surface area contributed by atoms with Gasteiger partial charge in [0, 0.05) is 24.8 Å². The van der Waals surface area contributed by atoms with Crippen molar-refractivity contribution in [1.82, 2.24) is 4.90 Å². The molecule has 2 atom stereocenters. The summed E-state index contributed by atoms with van der Waals surface area (Å²) < 4.78 is 0. The molecule has 1 aliphatic rings. The molecule has 116 valence electrons. The Labute approximate surface area is 131 Å². The van der Waals surface area contributed by atoms with Crippen LogP contribution in [0.2, 0.25) is 0 Å². The zero-order chi connectivity index (χ0) is 15.2. The van der Waals surface area contributed by atoms with Crippen LogP contribution in [0.5, 0.6) is 0 Å². The number of carbonyl (C=O) groups is 1. The molecule has 1 amide bonds. The number of aliphatic hydroxyl groups excluding tert-OH is 1. The molecule has 1 heterocycles. The molecule has 21 heavy (non-hydrogen) atoms. The molecular formula is C17H25NO2S. The minimum Gasteiger partial charge on any atom is -0.393 e. The summed E-state index contributed by atoms with van der Waals surface area (Å²) in [6.07, 6.45) is 1.71. The molecule has 2 rings (SSSR count). The molecule has 0 aromatic heterocycles. The van der Waals surface area contributed by atoms with Gasteiger partial charge in [-0.1, -0.05) is 29.8 Å². The largest absolute Gasteiger partial charge is 0.393 e. The van der Waals surface area contributed by atoms with E-state index in [4.69, 9.17) is 0 Å². The van der Waals surface area contributed by atoms with Crippen LogP contribution in [0.15, 0.2) is 24.3 Å². The Morgan fingerprint density at radius 3 is 2.81 bits per heavy atom. The van der Waals surface area contributed by atoms with Gasteiger partial charge in [-0.3, -0.25) is 4.79 Å². The highest BCUT2D eigenvalue weighted by Crippen LogP contribution is 2.21. The molecule has 1 aromatic rings. The second-order valence-electron chi connectivity index (χ2n) is 5.96. The Kier molecular flexibility index (Phi) is 6.12. The number of nitrogens with zero attached hydrogens (tertiary/aromatic N) is 1. The summed E-state index contributed by atoms with van der Waals surface area (Å²) >= 11 is 1.67. The van der Waals surface area contributed by atoms with Crippen molar-refractivity contribution in [3.8, 4) is 0 Å². The Morgan fingerprint density at radius 2 is 2.14 bits per heavy atom. The Hall–Kier alpha value is -1.00. The van der Waals surface area contributed by atoms with Gasteiger partial charge < -0.3 is 10.0 Å². The van der Waals surface area contributed by atoms with Crippen molar-refractivity contribution in [3.05, 3.63) is 35.4 Å². The smallest absolute Gasteiger partial charge is 0.232 e. The lowest BCUT2D eigenvalue weighted by Crippen LogP contribution is -2.43. The number of thioether (sulfide) groups is 1. The number of amides is 1. The van der Waals surface area contributed by atoms with Gasteiger partial charge in [0.15, 0.2) is 0 Å². The van der Waals surface area contributed by atoms with E-state index in [9.17, 15) is 9.90 Å². The summed E-state index contributed by atoms with van der Waals surface area (Å²) in [5.74, 6) is 1.85. The summed E-state index contributed by atoms with van der Waals surface area (Å²) in [4.78, 5) is 14.2. The van der Waals surface area contributed by atoms with Gasteiger partial charge in [0.25, 0.3) is 0 Å². The summed E-state index contributed by atoms with van der Waals surface area (Å²) in [5.41, 5.74) is 2.52. The van der Waals surface area contributed by atoms with Crippen molar-refractivity contribution >= 4 is 17.7 Å². The molecule has 0 spiro atoms. The molecule has 0 bridgehead atoms. The molecule has 0 radical (unpaired) electrons. The number of likely N-dealkylation sites (tertiary alicyclic amines) is 1. The third kappa shape index (κ3) is 5.04. The zero-order valence-electron chi connectivity index (χ0n) is 12.9. The minimum atomic E-state index is -0.319. The second-order valence-corrected chi connectivity index (χ2v) is 6.95. The van der Waals surface area contributed by atoms with Crippen LogP contribution in [0.4, 0.5) is 0 Å². The lowest BCUT2D eigenvalue weighted by Gasteiger charge is -2.34. The van der Waals surface area contributed by atoms with Crippen LogP contribution in [0.3, 0.4) is 0 Å². The summed E-state index contributed by atoms with van der Waals surface area (Å²) in [6.45, 7) is 5.45. The number of hydrogen-bond donors (Lipinski definition) is 1. The first-order chi connectivity index (χ1) is 10.1. The van der Waals surface area contributed by atoms with E-state index in [2.05, 4.69) is 31.2 Å². The molecule has 2 unspecified atom stereocenters. The number of rotatable bonds is 5. The third-order valence-corrected chi connectivity index (χ3v) is 5.10. The third-order valence-electron chi connectivity index (χ3n) is 4.11. The maximum Gasteiger partial charge on any atom is 0.232 e. The van der Waals surface area contributed by atoms with Crippen LogP contribution >= 0.6 is 11.8 Å². The molecular weight excluding hydrogens is 282 g/mol. The van der Waals surface area contributed by atoms with E-state index in [1.165, 1.54) is 11.1 Å². The van der Waals surface area contributed by atoms with Crippen LogP contribution in [0.25, 0.3) is 0 Å². The van der Waals surface area contributed by atoms with E-state index < -0.39 is 0 Å². The van der Waals surface area contributed by atoms with Crippen molar-refractivity contribution in [2.45, 2.75) is 38.5 Å². The topological polar surface area (TPSA) is 40.5 Å². The van der Waals surface area contributed by atoms with E-state index in [0.29, 0.717) is 12.3 Å². The van der Waals surface area contributed by atoms with E-state index in [1.807, 2.05) is 11.8 Å². The van der Waals surface area contributed by atoms with Gasteiger partial charge >= 0.3 is 0 Å². The summed E-state index contributed by atoms with van der Waals surface area (Å²) in [7, 11) is 0. The molecule has 0 aliphatic carbocycles. The number of benzene rings is 1. The quantitative estimate of drug-likeness (QED) is 0.909. The van der Waals surface area contributed by atoms with Gasteiger partial charge in [-0.2, -0.15) is 0 Å². The SMILES string of the molecule is Cc1ccc(CSCC(=O)N2CCCC(C(C)O)C2)cc1. The molecule has 3 nitrogen and oxygen atoms in total. The Morgan fingerprint density at radius 1 is 1.43 bits per heavy atom. The van der Waals surface area contributed by atoms with Crippen LogP contribution in [-0.2, 0) is 10.5 Å². The van der Waals surface area contributed by atoms with Gasteiger partial charge in [0.2, 0.25) is 5.91 Å². The lowest BCUT2D eigenvalue weighted by atomic mass is 9.93. The predicted molar refractivity (Wildman–Crippen MR) is 88.3 cm³/mol. The zero-order valence-corrected chi connectivity index (χ0v) is 13.7. The molecule has 4 heteroatoms. The van der Waals surface area contributed by atoms with Crippen molar-refractivity contribution in [3.63, 3.8) is 0 Å². The van der Waals surface area contributed by atoms with E-state index in [-0.39, 0.29) is 17.9 Å². The number of hydrogen-bond acceptors (Lipinski definition) is 3. The number of aliphatic hydroxyl groups is 1. The van der Waals surface area contributed by atoms with Crippen molar-refractivity contribution < 1.29 is 9.90 Å². The first-order valence-corrected chi connectivity index (χ1v) is 8.81. The fourth-order valence-electron chi connectivity index (χ4n) is 2.66. The molecule has 1 aromatic carbocycles. The van der Waals surface area contributed by atoms with Gasteiger partial charge in [0.05, 0.1) is 11.9 Å². The average Bonchev–Trinajstić information content (AvgIpc) is 2.49. The van der Waals surface area contributed by atoms with E-state index in [1.54, 1.807) is 11.8 Å². The highest BCUT2D eigenvalue weighted by Gasteiger charge is 2.26. The summed E-state index contributed by atoms with van der Waals surface area (Å²) in [5, 5.41) is 9.68. The molecule has 1 fully saturated rings. The Balaban J connectivity index is 1.75. The monoisotopic (exact) mass is 307 g/mol. The lowest BCUT2D eigenvalue weighted by molar-refractivity contribution is -0.130. The summed E-state index contributed by atoms with van der Waals surface area (Å²) in [6, 6.07) is 8.46. The second kappa shape index (κ2) is 7.85. The van der Waals surface area contributed by atoms with E-state index >= 15 is 0 Å². The molecule has 1 aliphatic heterocycles. The van der Waals surface area contributed by atoms with Crippen LogP contribution < -0.4 is 0 Å². The Bertz CT molecular complexity index is 458. The van der Waals surface area contributed by atoms with Crippen LogP contribution in [-0.4, -0.2) is 40.9 Å². The number of piperidine rings is 1. The average molecular weight is 307 g/mol. The fraction of sp³-hybridized carbons (Fsp3) is 0.588. The van der Waals surface area contributed by atoms with Crippen molar-refractivity contribution in [2.75, 3.05) is 18.8 Å². The molecule has 0 saturated carbocycles. The van der Waals surface area contributed by atoms with Crippen LogP contribution in [0, 0.1) is 12.8 Å². The highest BCUT2D eigenvalue weighted by molar-refractivity contribution is 7.99.